The van der Waals surface area contributed by atoms with Gasteiger partial charge in [0.1, 0.15) is 17.6 Å². The minimum atomic E-state index is -0.0314. The zero-order chi connectivity index (χ0) is 21.9. The SMILES string of the molecule is COc1ccc(C(=O)N2CC(Oc3ccc(-c4nc(-c5ccccc5)no4)cc3)C2)cc1. The molecule has 0 radical (unpaired) electrons. The number of methoxy groups -OCH3 is 1. The van der Waals surface area contributed by atoms with Crippen LogP contribution in [0.4, 0.5) is 0 Å². The maximum absolute atomic E-state index is 12.5. The Morgan fingerprint density at radius 1 is 0.906 bits per heavy atom. The Morgan fingerprint density at radius 3 is 2.28 bits per heavy atom. The number of nitrogens with zero attached hydrogens (tertiary/aromatic N) is 3. The van der Waals surface area contributed by atoms with Crippen molar-refractivity contribution in [2.45, 2.75) is 6.10 Å². The smallest absolute Gasteiger partial charge is 0.258 e. The van der Waals surface area contributed by atoms with E-state index in [0.29, 0.717) is 30.4 Å². The van der Waals surface area contributed by atoms with Crippen molar-refractivity contribution in [3.63, 3.8) is 0 Å². The van der Waals surface area contributed by atoms with E-state index in [9.17, 15) is 4.79 Å². The Hall–Kier alpha value is -4.13. The molecule has 2 heterocycles. The zero-order valence-corrected chi connectivity index (χ0v) is 17.5. The van der Waals surface area contributed by atoms with E-state index < -0.39 is 0 Å². The molecule has 1 aromatic heterocycles. The van der Waals surface area contributed by atoms with E-state index in [1.165, 1.54) is 0 Å². The summed E-state index contributed by atoms with van der Waals surface area (Å²) in [6.07, 6.45) is -0.0314. The molecule has 3 aromatic carbocycles. The number of benzene rings is 3. The fourth-order valence-electron chi connectivity index (χ4n) is 3.51. The zero-order valence-electron chi connectivity index (χ0n) is 17.5. The number of carbonyl (C=O) groups is 1. The van der Waals surface area contributed by atoms with Crippen molar-refractivity contribution in [2.24, 2.45) is 0 Å². The summed E-state index contributed by atoms with van der Waals surface area (Å²) in [7, 11) is 1.60. The van der Waals surface area contributed by atoms with E-state index in [1.807, 2.05) is 54.6 Å². The number of hydrogen-bond acceptors (Lipinski definition) is 6. The van der Waals surface area contributed by atoms with Gasteiger partial charge in [-0.25, -0.2) is 0 Å². The second-order valence-corrected chi connectivity index (χ2v) is 7.49. The number of aromatic nitrogens is 2. The van der Waals surface area contributed by atoms with Gasteiger partial charge in [0.05, 0.1) is 20.2 Å². The molecule has 1 saturated heterocycles. The molecule has 7 heteroatoms. The lowest BCUT2D eigenvalue weighted by Crippen LogP contribution is -2.56. The van der Waals surface area contributed by atoms with Gasteiger partial charge >= 0.3 is 0 Å². The van der Waals surface area contributed by atoms with Gasteiger partial charge in [-0.1, -0.05) is 35.5 Å². The molecular weight excluding hydrogens is 406 g/mol. The molecule has 5 rings (SSSR count). The molecule has 160 valence electrons. The summed E-state index contributed by atoms with van der Waals surface area (Å²) in [6.45, 7) is 1.10. The Kier molecular flexibility index (Phi) is 5.29. The molecule has 1 aliphatic rings. The molecule has 0 atom stereocenters. The van der Waals surface area contributed by atoms with E-state index >= 15 is 0 Å². The number of carbonyl (C=O) groups excluding carboxylic acids is 1. The Morgan fingerprint density at radius 2 is 1.59 bits per heavy atom. The number of hydrogen-bond donors (Lipinski definition) is 0. The number of rotatable bonds is 6. The Labute approximate surface area is 185 Å². The third-order valence-corrected chi connectivity index (χ3v) is 5.33. The van der Waals surface area contributed by atoms with Crippen LogP contribution in [0.1, 0.15) is 10.4 Å². The predicted octanol–water partition coefficient (Wildman–Crippen LogP) is 4.32. The second kappa shape index (κ2) is 8.55. The van der Waals surface area contributed by atoms with Crippen LogP contribution in [0.3, 0.4) is 0 Å². The van der Waals surface area contributed by atoms with Crippen LogP contribution in [0, 0.1) is 0 Å². The molecule has 0 unspecified atom stereocenters. The van der Waals surface area contributed by atoms with E-state index in [0.717, 1.165) is 22.6 Å². The van der Waals surface area contributed by atoms with E-state index in [1.54, 1.807) is 36.3 Å². The minimum absolute atomic E-state index is 0.00605. The van der Waals surface area contributed by atoms with Crippen LogP contribution < -0.4 is 9.47 Å². The van der Waals surface area contributed by atoms with Gasteiger partial charge in [0.25, 0.3) is 11.8 Å². The highest BCUT2D eigenvalue weighted by atomic mass is 16.5. The fourth-order valence-corrected chi connectivity index (χ4v) is 3.51. The predicted molar refractivity (Wildman–Crippen MR) is 118 cm³/mol. The lowest BCUT2D eigenvalue weighted by atomic mass is 10.1. The first-order chi connectivity index (χ1) is 15.7. The van der Waals surface area contributed by atoms with Gasteiger partial charge in [-0.2, -0.15) is 4.98 Å². The van der Waals surface area contributed by atoms with Crippen molar-refractivity contribution in [2.75, 3.05) is 20.2 Å². The van der Waals surface area contributed by atoms with Crippen LogP contribution in [0.5, 0.6) is 11.5 Å². The van der Waals surface area contributed by atoms with Gasteiger partial charge < -0.3 is 18.9 Å². The maximum atomic E-state index is 12.5. The van der Waals surface area contributed by atoms with Gasteiger partial charge in [0.2, 0.25) is 5.82 Å². The van der Waals surface area contributed by atoms with Gasteiger partial charge in [-0.15, -0.1) is 0 Å². The van der Waals surface area contributed by atoms with Crippen LogP contribution in [0.15, 0.2) is 83.4 Å². The summed E-state index contributed by atoms with van der Waals surface area (Å²) in [5.41, 5.74) is 2.36. The topological polar surface area (TPSA) is 77.7 Å². The number of amides is 1. The molecule has 0 bridgehead atoms. The summed E-state index contributed by atoms with van der Waals surface area (Å²) in [4.78, 5) is 18.8. The van der Waals surface area contributed by atoms with Gasteiger partial charge in [-0.05, 0) is 48.5 Å². The minimum Gasteiger partial charge on any atom is -0.497 e. The molecule has 0 saturated carbocycles. The molecule has 4 aromatic rings. The Balaban J connectivity index is 1.17. The molecule has 1 fully saturated rings. The largest absolute Gasteiger partial charge is 0.497 e. The van der Waals surface area contributed by atoms with Gasteiger partial charge in [0, 0.05) is 16.7 Å². The average molecular weight is 427 g/mol. The molecule has 7 nitrogen and oxygen atoms in total. The number of likely N-dealkylation sites (tertiary alicyclic amines) is 1. The highest BCUT2D eigenvalue weighted by Gasteiger charge is 2.32. The third-order valence-electron chi connectivity index (χ3n) is 5.33. The summed E-state index contributed by atoms with van der Waals surface area (Å²) < 4.78 is 16.5. The van der Waals surface area contributed by atoms with E-state index in [4.69, 9.17) is 14.0 Å². The van der Waals surface area contributed by atoms with Crippen LogP contribution in [-0.4, -0.2) is 47.3 Å². The molecule has 32 heavy (non-hydrogen) atoms. The number of ether oxygens (including phenoxy) is 2. The molecule has 0 N–H and O–H groups in total. The average Bonchev–Trinajstić information content (AvgIpc) is 3.32. The van der Waals surface area contributed by atoms with Crippen molar-refractivity contribution in [1.82, 2.24) is 15.0 Å². The maximum Gasteiger partial charge on any atom is 0.258 e. The van der Waals surface area contributed by atoms with Crippen molar-refractivity contribution < 1.29 is 18.8 Å². The summed E-state index contributed by atoms with van der Waals surface area (Å²) in [5, 5.41) is 4.05. The standard InChI is InChI=1S/C25H21N3O4/c1-30-20-11-9-19(10-12-20)25(29)28-15-22(16-28)31-21-13-7-18(8-14-21)24-26-23(27-32-24)17-5-3-2-4-6-17/h2-14,22H,15-16H2,1H3. The second-order valence-electron chi connectivity index (χ2n) is 7.49. The monoisotopic (exact) mass is 427 g/mol. The van der Waals surface area contributed by atoms with Gasteiger partial charge in [-0.3, -0.25) is 4.79 Å². The van der Waals surface area contributed by atoms with Crippen molar-refractivity contribution in [1.29, 1.82) is 0 Å². The fraction of sp³-hybridized carbons (Fsp3) is 0.160. The van der Waals surface area contributed by atoms with Crippen molar-refractivity contribution >= 4 is 5.91 Å². The quantitative estimate of drug-likeness (QED) is 0.456. The highest BCUT2D eigenvalue weighted by molar-refractivity contribution is 5.94. The normalized spacial score (nSPS) is 13.5. The molecule has 1 amide bonds. The summed E-state index contributed by atoms with van der Waals surface area (Å²) in [5.74, 6) is 2.46. The van der Waals surface area contributed by atoms with Crippen molar-refractivity contribution in [3.8, 4) is 34.3 Å². The molecule has 0 aliphatic carbocycles. The first kappa shape index (κ1) is 19.8. The van der Waals surface area contributed by atoms with Crippen LogP contribution in [0.25, 0.3) is 22.8 Å². The van der Waals surface area contributed by atoms with Crippen LogP contribution in [0.2, 0.25) is 0 Å². The van der Waals surface area contributed by atoms with E-state index in [-0.39, 0.29) is 12.0 Å². The lowest BCUT2D eigenvalue weighted by Gasteiger charge is -2.39. The van der Waals surface area contributed by atoms with E-state index in [2.05, 4.69) is 10.1 Å². The molecule has 1 aliphatic heterocycles. The Bertz CT molecular complexity index is 1200. The van der Waals surface area contributed by atoms with Gasteiger partial charge in [0.15, 0.2) is 0 Å². The molecular formula is C25H21N3O4. The lowest BCUT2D eigenvalue weighted by molar-refractivity contribution is 0.0178. The third kappa shape index (κ3) is 4.05. The summed E-state index contributed by atoms with van der Waals surface area (Å²) >= 11 is 0. The highest BCUT2D eigenvalue weighted by Crippen LogP contribution is 2.26. The molecule has 0 spiro atoms. The van der Waals surface area contributed by atoms with Crippen molar-refractivity contribution in [3.05, 3.63) is 84.4 Å². The van der Waals surface area contributed by atoms with Crippen LogP contribution in [-0.2, 0) is 0 Å². The first-order valence-corrected chi connectivity index (χ1v) is 10.3. The first-order valence-electron chi connectivity index (χ1n) is 10.3. The summed E-state index contributed by atoms with van der Waals surface area (Å²) in [6, 6.07) is 24.3. The van der Waals surface area contributed by atoms with Crippen LogP contribution >= 0.6 is 0 Å².